The fourth-order valence-corrected chi connectivity index (χ4v) is 2.96. The van der Waals surface area contributed by atoms with Crippen molar-refractivity contribution in [2.24, 2.45) is 0 Å². The van der Waals surface area contributed by atoms with Gasteiger partial charge in [-0.05, 0) is 56.4 Å². The Balaban J connectivity index is 2.40. The zero-order valence-electron chi connectivity index (χ0n) is 11.6. The molecule has 2 N–H and O–H groups in total. The SMILES string of the molecule is CCn1c(Sc2ccc(F)cc2C(C)NC)n[nH]c1=O. The second-order valence-corrected chi connectivity index (χ2v) is 5.36. The Bertz CT molecular complexity index is 652. The average Bonchev–Trinajstić information content (AvgIpc) is 2.80. The Labute approximate surface area is 120 Å². The molecule has 2 rings (SSSR count). The molecule has 108 valence electrons. The van der Waals surface area contributed by atoms with Gasteiger partial charge in [-0.25, -0.2) is 14.3 Å². The van der Waals surface area contributed by atoms with Crippen LogP contribution in [-0.2, 0) is 6.54 Å². The van der Waals surface area contributed by atoms with E-state index in [4.69, 9.17) is 0 Å². The second-order valence-electron chi connectivity index (χ2n) is 4.35. The highest BCUT2D eigenvalue weighted by molar-refractivity contribution is 7.99. The smallest absolute Gasteiger partial charge is 0.313 e. The summed E-state index contributed by atoms with van der Waals surface area (Å²) in [6.07, 6.45) is 0. The first-order valence-electron chi connectivity index (χ1n) is 6.36. The zero-order valence-corrected chi connectivity index (χ0v) is 12.4. The van der Waals surface area contributed by atoms with E-state index in [1.807, 2.05) is 20.9 Å². The molecule has 1 aromatic heterocycles. The summed E-state index contributed by atoms with van der Waals surface area (Å²) in [6, 6.07) is 4.64. The molecule has 5 nitrogen and oxygen atoms in total. The molecule has 7 heteroatoms. The fraction of sp³-hybridized carbons (Fsp3) is 0.385. The maximum absolute atomic E-state index is 13.4. The molecule has 0 spiro atoms. The lowest BCUT2D eigenvalue weighted by molar-refractivity contribution is 0.601. The third kappa shape index (κ3) is 2.94. The van der Waals surface area contributed by atoms with Crippen LogP contribution in [0.5, 0.6) is 0 Å². The summed E-state index contributed by atoms with van der Waals surface area (Å²) >= 11 is 1.35. The molecule has 0 bridgehead atoms. The Hall–Kier alpha value is -1.60. The van der Waals surface area contributed by atoms with Crippen molar-refractivity contribution in [3.05, 3.63) is 40.1 Å². The molecule has 1 unspecified atom stereocenters. The normalized spacial score (nSPS) is 12.6. The second kappa shape index (κ2) is 6.23. The van der Waals surface area contributed by atoms with Gasteiger partial charge in [0.05, 0.1) is 0 Å². The largest absolute Gasteiger partial charge is 0.343 e. The van der Waals surface area contributed by atoms with Gasteiger partial charge in [0.15, 0.2) is 5.16 Å². The van der Waals surface area contributed by atoms with Gasteiger partial charge in [-0.3, -0.25) is 4.57 Å². The van der Waals surface area contributed by atoms with E-state index in [2.05, 4.69) is 15.5 Å². The Morgan fingerprint density at radius 1 is 1.55 bits per heavy atom. The van der Waals surface area contributed by atoms with Crippen LogP contribution < -0.4 is 11.0 Å². The van der Waals surface area contributed by atoms with Gasteiger partial charge in [0, 0.05) is 17.5 Å². The Morgan fingerprint density at radius 3 is 2.95 bits per heavy atom. The number of H-pyrrole nitrogens is 1. The van der Waals surface area contributed by atoms with E-state index in [0.717, 1.165) is 10.5 Å². The Kier molecular flexibility index (Phi) is 4.61. The van der Waals surface area contributed by atoms with Gasteiger partial charge in [0.2, 0.25) is 0 Å². The van der Waals surface area contributed by atoms with Crippen LogP contribution in [-0.4, -0.2) is 21.8 Å². The van der Waals surface area contributed by atoms with Crippen LogP contribution in [0.25, 0.3) is 0 Å². The molecule has 0 saturated heterocycles. The lowest BCUT2D eigenvalue weighted by Gasteiger charge is -2.15. The van der Waals surface area contributed by atoms with Crippen molar-refractivity contribution in [1.29, 1.82) is 0 Å². The third-order valence-electron chi connectivity index (χ3n) is 3.11. The molecular formula is C13H17FN4OS. The van der Waals surface area contributed by atoms with Crippen molar-refractivity contribution < 1.29 is 4.39 Å². The van der Waals surface area contributed by atoms with Crippen molar-refractivity contribution >= 4 is 11.8 Å². The molecule has 0 radical (unpaired) electrons. The van der Waals surface area contributed by atoms with Crippen molar-refractivity contribution in [2.75, 3.05) is 7.05 Å². The van der Waals surface area contributed by atoms with Crippen LogP contribution in [0.2, 0.25) is 0 Å². The van der Waals surface area contributed by atoms with Gasteiger partial charge in [0.1, 0.15) is 5.82 Å². The van der Waals surface area contributed by atoms with Crippen LogP contribution in [0.15, 0.2) is 33.0 Å². The van der Waals surface area contributed by atoms with E-state index in [1.165, 1.54) is 23.9 Å². The number of halogens is 1. The summed E-state index contributed by atoms with van der Waals surface area (Å²) in [4.78, 5) is 12.4. The molecule has 1 atom stereocenters. The number of nitrogens with one attached hydrogen (secondary N) is 2. The highest BCUT2D eigenvalue weighted by Crippen LogP contribution is 2.32. The van der Waals surface area contributed by atoms with Gasteiger partial charge < -0.3 is 5.32 Å². The van der Waals surface area contributed by atoms with Gasteiger partial charge in [-0.2, -0.15) is 0 Å². The van der Waals surface area contributed by atoms with E-state index >= 15 is 0 Å². The summed E-state index contributed by atoms with van der Waals surface area (Å²) < 4.78 is 15.0. The minimum Gasteiger partial charge on any atom is -0.313 e. The molecule has 0 saturated carbocycles. The van der Waals surface area contributed by atoms with Gasteiger partial charge in [0.25, 0.3) is 0 Å². The van der Waals surface area contributed by atoms with E-state index in [1.54, 1.807) is 10.6 Å². The summed E-state index contributed by atoms with van der Waals surface area (Å²) in [5.41, 5.74) is 0.607. The summed E-state index contributed by atoms with van der Waals surface area (Å²) in [5.74, 6) is -0.277. The number of benzene rings is 1. The highest BCUT2D eigenvalue weighted by atomic mass is 32.2. The van der Waals surface area contributed by atoms with E-state index in [9.17, 15) is 9.18 Å². The number of rotatable bonds is 5. The minimum atomic E-state index is -0.277. The average molecular weight is 296 g/mol. The minimum absolute atomic E-state index is 0.00828. The molecule has 2 aromatic rings. The monoisotopic (exact) mass is 296 g/mol. The molecule has 1 heterocycles. The number of nitrogens with zero attached hydrogens (tertiary/aromatic N) is 2. The maximum Gasteiger partial charge on any atom is 0.343 e. The van der Waals surface area contributed by atoms with Crippen molar-refractivity contribution in [3.8, 4) is 0 Å². The van der Waals surface area contributed by atoms with Crippen LogP contribution in [0.3, 0.4) is 0 Å². The van der Waals surface area contributed by atoms with Crippen molar-refractivity contribution in [3.63, 3.8) is 0 Å². The molecule has 1 aromatic carbocycles. The first-order valence-corrected chi connectivity index (χ1v) is 7.18. The lowest BCUT2D eigenvalue weighted by atomic mass is 10.1. The number of aromatic amines is 1. The molecule has 20 heavy (non-hydrogen) atoms. The topological polar surface area (TPSA) is 62.7 Å². The van der Waals surface area contributed by atoms with E-state index < -0.39 is 0 Å². The standard InChI is InChI=1S/C13H17FN4OS/c1-4-18-12(19)16-17-13(18)20-11-6-5-9(14)7-10(11)8(2)15-3/h5-8,15H,4H2,1-3H3,(H,16,19). The van der Waals surface area contributed by atoms with E-state index in [-0.39, 0.29) is 17.5 Å². The van der Waals surface area contributed by atoms with Gasteiger partial charge in [-0.1, -0.05) is 0 Å². The highest BCUT2D eigenvalue weighted by Gasteiger charge is 2.15. The predicted molar refractivity (Wildman–Crippen MR) is 76.5 cm³/mol. The first-order chi connectivity index (χ1) is 9.56. The van der Waals surface area contributed by atoms with Gasteiger partial charge >= 0.3 is 5.69 Å². The maximum atomic E-state index is 13.4. The molecular weight excluding hydrogens is 279 g/mol. The van der Waals surface area contributed by atoms with E-state index in [0.29, 0.717) is 11.7 Å². The van der Waals surface area contributed by atoms with Crippen molar-refractivity contribution in [1.82, 2.24) is 20.1 Å². The molecule has 0 aliphatic rings. The van der Waals surface area contributed by atoms with Gasteiger partial charge in [-0.15, -0.1) is 5.10 Å². The third-order valence-corrected chi connectivity index (χ3v) is 4.20. The lowest BCUT2D eigenvalue weighted by Crippen LogP contribution is -2.16. The number of hydrogen-bond acceptors (Lipinski definition) is 4. The number of aromatic nitrogens is 3. The predicted octanol–water partition coefficient (Wildman–Crippen LogP) is 2.16. The molecule has 0 amide bonds. The van der Waals surface area contributed by atoms with Crippen LogP contribution >= 0.6 is 11.8 Å². The number of hydrogen-bond donors (Lipinski definition) is 2. The Morgan fingerprint density at radius 2 is 2.30 bits per heavy atom. The quantitative estimate of drug-likeness (QED) is 0.887. The first kappa shape index (κ1) is 14.8. The van der Waals surface area contributed by atoms with Crippen LogP contribution in [0, 0.1) is 5.82 Å². The molecule has 0 aliphatic heterocycles. The summed E-state index contributed by atoms with van der Waals surface area (Å²) in [5, 5.41) is 10.1. The molecule has 0 aliphatic carbocycles. The molecule has 0 fully saturated rings. The van der Waals surface area contributed by atoms with Crippen molar-refractivity contribution in [2.45, 2.75) is 36.5 Å². The summed E-state index contributed by atoms with van der Waals surface area (Å²) in [6.45, 7) is 4.37. The fourth-order valence-electron chi connectivity index (χ4n) is 1.86. The van der Waals surface area contributed by atoms with Crippen LogP contribution in [0.4, 0.5) is 4.39 Å². The summed E-state index contributed by atoms with van der Waals surface area (Å²) in [7, 11) is 1.82. The van der Waals surface area contributed by atoms with Crippen LogP contribution in [0.1, 0.15) is 25.5 Å². The zero-order chi connectivity index (χ0) is 14.7.